The van der Waals surface area contributed by atoms with Crippen LogP contribution in [0.25, 0.3) is 0 Å². The Balaban J connectivity index is 1.24. The van der Waals surface area contributed by atoms with Gasteiger partial charge in [-0.1, -0.05) is 6.07 Å². The van der Waals surface area contributed by atoms with Gasteiger partial charge in [-0.05, 0) is 24.1 Å². The maximum absolute atomic E-state index is 12.5. The SMILES string of the molecule is Cn1ccnc1CN1CCN(C(=O)CCc2ccc3c(c2)OCO3)CC1. The summed E-state index contributed by atoms with van der Waals surface area (Å²) in [6, 6.07) is 5.89. The quantitative estimate of drug-likeness (QED) is 0.811. The molecule has 3 heterocycles. The van der Waals surface area contributed by atoms with Crippen LogP contribution in [-0.2, 0) is 24.8 Å². The van der Waals surface area contributed by atoms with E-state index in [1.54, 1.807) is 0 Å². The van der Waals surface area contributed by atoms with Crippen molar-refractivity contribution >= 4 is 5.91 Å². The van der Waals surface area contributed by atoms with Crippen molar-refractivity contribution in [3.8, 4) is 11.5 Å². The molecule has 0 radical (unpaired) electrons. The molecular weight excluding hydrogens is 332 g/mol. The summed E-state index contributed by atoms with van der Waals surface area (Å²) in [7, 11) is 2.01. The lowest BCUT2D eigenvalue weighted by atomic mass is 10.1. The maximum atomic E-state index is 12.5. The average Bonchev–Trinajstić information content (AvgIpc) is 3.29. The number of piperazine rings is 1. The summed E-state index contributed by atoms with van der Waals surface area (Å²) in [6.45, 7) is 4.46. The molecule has 0 N–H and O–H groups in total. The molecule has 0 aliphatic carbocycles. The van der Waals surface area contributed by atoms with Gasteiger partial charge in [0.1, 0.15) is 5.82 Å². The number of benzene rings is 1. The molecule has 7 nitrogen and oxygen atoms in total. The van der Waals surface area contributed by atoms with Crippen molar-refractivity contribution in [2.24, 2.45) is 7.05 Å². The van der Waals surface area contributed by atoms with Crippen molar-refractivity contribution in [3.05, 3.63) is 42.0 Å². The van der Waals surface area contributed by atoms with Gasteiger partial charge in [0, 0.05) is 52.0 Å². The van der Waals surface area contributed by atoms with Gasteiger partial charge >= 0.3 is 0 Å². The van der Waals surface area contributed by atoms with Crippen molar-refractivity contribution in [2.75, 3.05) is 33.0 Å². The molecule has 1 amide bonds. The van der Waals surface area contributed by atoms with Crippen molar-refractivity contribution < 1.29 is 14.3 Å². The summed E-state index contributed by atoms with van der Waals surface area (Å²) in [5.41, 5.74) is 1.11. The zero-order chi connectivity index (χ0) is 17.9. The Morgan fingerprint density at radius 3 is 2.73 bits per heavy atom. The average molecular weight is 356 g/mol. The van der Waals surface area contributed by atoms with E-state index in [0.717, 1.165) is 62.0 Å². The highest BCUT2D eigenvalue weighted by molar-refractivity contribution is 5.76. The van der Waals surface area contributed by atoms with Gasteiger partial charge in [-0.25, -0.2) is 4.98 Å². The second-order valence-corrected chi connectivity index (χ2v) is 6.80. The van der Waals surface area contributed by atoms with Crippen LogP contribution < -0.4 is 9.47 Å². The van der Waals surface area contributed by atoms with Crippen molar-refractivity contribution in [1.29, 1.82) is 0 Å². The zero-order valence-corrected chi connectivity index (χ0v) is 15.1. The third kappa shape index (κ3) is 3.67. The lowest BCUT2D eigenvalue weighted by Gasteiger charge is -2.34. The van der Waals surface area contributed by atoms with E-state index in [9.17, 15) is 4.79 Å². The maximum Gasteiger partial charge on any atom is 0.231 e. The first kappa shape index (κ1) is 16.9. The highest BCUT2D eigenvalue weighted by Gasteiger charge is 2.22. The number of nitrogens with zero attached hydrogens (tertiary/aromatic N) is 4. The molecule has 7 heteroatoms. The van der Waals surface area contributed by atoms with Crippen LogP contribution in [0.2, 0.25) is 0 Å². The van der Waals surface area contributed by atoms with E-state index in [2.05, 4.69) is 9.88 Å². The molecule has 0 saturated carbocycles. The molecule has 2 aliphatic heterocycles. The van der Waals surface area contributed by atoms with Gasteiger partial charge in [-0.3, -0.25) is 9.69 Å². The van der Waals surface area contributed by atoms with Crippen LogP contribution in [0.4, 0.5) is 0 Å². The Morgan fingerprint density at radius 1 is 1.15 bits per heavy atom. The van der Waals surface area contributed by atoms with Crippen LogP contribution in [0.5, 0.6) is 11.5 Å². The first-order valence-electron chi connectivity index (χ1n) is 9.04. The molecule has 1 saturated heterocycles. The van der Waals surface area contributed by atoms with Crippen LogP contribution in [0.3, 0.4) is 0 Å². The monoisotopic (exact) mass is 356 g/mol. The molecule has 0 spiro atoms. The van der Waals surface area contributed by atoms with Gasteiger partial charge < -0.3 is 18.9 Å². The second kappa shape index (κ2) is 7.37. The summed E-state index contributed by atoms with van der Waals surface area (Å²) in [5, 5.41) is 0. The van der Waals surface area contributed by atoms with E-state index >= 15 is 0 Å². The molecule has 1 aromatic carbocycles. The standard InChI is InChI=1S/C19H24N4O3/c1-21-7-6-20-18(21)13-22-8-10-23(11-9-22)19(24)5-3-15-2-4-16-17(12-15)26-14-25-16/h2,4,6-7,12H,3,5,8-11,13-14H2,1H3. The van der Waals surface area contributed by atoms with Crippen LogP contribution in [0, 0.1) is 0 Å². The fraction of sp³-hybridized carbons (Fsp3) is 0.474. The summed E-state index contributed by atoms with van der Waals surface area (Å²) in [4.78, 5) is 21.2. The topological polar surface area (TPSA) is 59.8 Å². The summed E-state index contributed by atoms with van der Waals surface area (Å²) in [6.07, 6.45) is 5.04. The molecule has 1 fully saturated rings. The molecule has 0 atom stereocenters. The molecule has 4 rings (SSSR count). The Hall–Kier alpha value is -2.54. The first-order valence-corrected chi connectivity index (χ1v) is 9.04. The van der Waals surface area contributed by atoms with Crippen molar-refractivity contribution in [2.45, 2.75) is 19.4 Å². The molecule has 2 aliphatic rings. The number of rotatable bonds is 5. The molecule has 0 unspecified atom stereocenters. The fourth-order valence-corrected chi connectivity index (χ4v) is 3.41. The number of ether oxygens (including phenoxy) is 2. The summed E-state index contributed by atoms with van der Waals surface area (Å²) in [5.74, 6) is 2.84. The van der Waals surface area contributed by atoms with E-state index in [4.69, 9.17) is 9.47 Å². The highest BCUT2D eigenvalue weighted by atomic mass is 16.7. The molecular formula is C19H24N4O3. The van der Waals surface area contributed by atoms with E-state index in [1.807, 2.05) is 47.1 Å². The predicted octanol–water partition coefficient (Wildman–Crippen LogP) is 1.43. The van der Waals surface area contributed by atoms with Gasteiger partial charge in [-0.2, -0.15) is 0 Å². The number of imidazole rings is 1. The zero-order valence-electron chi connectivity index (χ0n) is 15.1. The largest absolute Gasteiger partial charge is 0.454 e. The lowest BCUT2D eigenvalue weighted by molar-refractivity contribution is -0.133. The smallest absolute Gasteiger partial charge is 0.231 e. The number of hydrogen-bond donors (Lipinski definition) is 0. The Labute approximate surface area is 153 Å². The number of aryl methyl sites for hydroxylation is 2. The number of fused-ring (bicyclic) bond motifs is 1. The normalized spacial score (nSPS) is 16.9. The number of carbonyl (C=O) groups excluding carboxylic acids is 1. The van der Waals surface area contributed by atoms with Gasteiger partial charge in [-0.15, -0.1) is 0 Å². The van der Waals surface area contributed by atoms with Crippen molar-refractivity contribution in [1.82, 2.24) is 19.4 Å². The minimum atomic E-state index is 0.222. The Morgan fingerprint density at radius 2 is 1.96 bits per heavy atom. The second-order valence-electron chi connectivity index (χ2n) is 6.80. The minimum absolute atomic E-state index is 0.222. The van der Waals surface area contributed by atoms with Gasteiger partial charge in [0.25, 0.3) is 0 Å². The van der Waals surface area contributed by atoms with Crippen LogP contribution in [-0.4, -0.2) is 58.2 Å². The third-order valence-electron chi connectivity index (χ3n) is 5.08. The number of carbonyl (C=O) groups is 1. The van der Waals surface area contributed by atoms with E-state index in [-0.39, 0.29) is 12.7 Å². The molecule has 26 heavy (non-hydrogen) atoms. The minimum Gasteiger partial charge on any atom is -0.454 e. The van der Waals surface area contributed by atoms with Crippen LogP contribution >= 0.6 is 0 Å². The van der Waals surface area contributed by atoms with Gasteiger partial charge in [0.15, 0.2) is 11.5 Å². The van der Waals surface area contributed by atoms with E-state index < -0.39 is 0 Å². The van der Waals surface area contributed by atoms with E-state index in [0.29, 0.717) is 6.42 Å². The summed E-state index contributed by atoms with van der Waals surface area (Å²) >= 11 is 0. The first-order chi connectivity index (χ1) is 12.7. The number of hydrogen-bond acceptors (Lipinski definition) is 5. The fourth-order valence-electron chi connectivity index (χ4n) is 3.41. The van der Waals surface area contributed by atoms with Crippen molar-refractivity contribution in [3.63, 3.8) is 0 Å². The van der Waals surface area contributed by atoms with Gasteiger partial charge in [0.2, 0.25) is 12.7 Å². The summed E-state index contributed by atoms with van der Waals surface area (Å²) < 4.78 is 12.8. The third-order valence-corrected chi connectivity index (χ3v) is 5.08. The van der Waals surface area contributed by atoms with E-state index in [1.165, 1.54) is 0 Å². The highest BCUT2D eigenvalue weighted by Crippen LogP contribution is 2.32. The van der Waals surface area contributed by atoms with Crippen LogP contribution in [0.15, 0.2) is 30.6 Å². The molecule has 1 aromatic heterocycles. The van der Waals surface area contributed by atoms with Gasteiger partial charge in [0.05, 0.1) is 6.54 Å². The predicted molar refractivity (Wildman–Crippen MR) is 96.0 cm³/mol. The lowest BCUT2D eigenvalue weighted by Crippen LogP contribution is -2.48. The molecule has 0 bridgehead atoms. The molecule has 2 aromatic rings. The number of aromatic nitrogens is 2. The molecule has 138 valence electrons. The number of amides is 1. The Bertz CT molecular complexity index is 781. The van der Waals surface area contributed by atoms with Crippen LogP contribution in [0.1, 0.15) is 17.8 Å². The Kier molecular flexibility index (Phi) is 4.79.